The average molecular weight is 565 g/mol. The van der Waals surface area contributed by atoms with Crippen LogP contribution in [0.2, 0.25) is 0 Å². The number of hydrogen-bond acceptors (Lipinski definition) is 5. The Morgan fingerprint density at radius 3 is 2.61 bits per heavy atom. The standard InChI is InChI=1S/C28H25BrN2O4S/c29-22-11-12-24(35-18-20-9-6-8-19-7-2-3-10-23(19)20)21(15-22)16-25-27(33)31(28(34)36-25)17-26(32)30-13-4-1-5-14-30/h2-3,6-12,15-16H,1,4-5,13-14,17-18H2/b25-16-. The highest BCUT2D eigenvalue weighted by Crippen LogP contribution is 2.35. The van der Waals surface area contributed by atoms with Crippen LogP contribution in [-0.4, -0.2) is 46.5 Å². The molecule has 0 unspecified atom stereocenters. The number of carbonyl (C=O) groups is 3. The highest BCUT2D eigenvalue weighted by molar-refractivity contribution is 9.10. The maximum atomic E-state index is 13.1. The van der Waals surface area contributed by atoms with Crippen molar-refractivity contribution in [2.45, 2.75) is 25.9 Å². The van der Waals surface area contributed by atoms with Gasteiger partial charge < -0.3 is 9.64 Å². The summed E-state index contributed by atoms with van der Waals surface area (Å²) in [5, 5.41) is 1.84. The molecule has 36 heavy (non-hydrogen) atoms. The fraction of sp³-hybridized carbons (Fsp3) is 0.250. The summed E-state index contributed by atoms with van der Waals surface area (Å²) in [5.41, 5.74) is 1.73. The van der Waals surface area contributed by atoms with Crippen LogP contribution in [0, 0.1) is 0 Å². The lowest BCUT2D eigenvalue weighted by atomic mass is 10.1. The minimum atomic E-state index is -0.449. The topological polar surface area (TPSA) is 66.9 Å². The predicted molar refractivity (Wildman–Crippen MR) is 146 cm³/mol. The minimum absolute atomic E-state index is 0.181. The fourth-order valence-electron chi connectivity index (χ4n) is 4.49. The number of thioether (sulfide) groups is 1. The maximum Gasteiger partial charge on any atom is 0.294 e. The van der Waals surface area contributed by atoms with Crippen molar-refractivity contribution in [1.29, 1.82) is 0 Å². The minimum Gasteiger partial charge on any atom is -0.488 e. The number of likely N-dealkylation sites (tertiary alicyclic amines) is 1. The Hall–Kier alpha value is -3.10. The summed E-state index contributed by atoms with van der Waals surface area (Å²) in [6.07, 6.45) is 4.68. The summed E-state index contributed by atoms with van der Waals surface area (Å²) in [7, 11) is 0. The quantitative estimate of drug-likeness (QED) is 0.332. The second-order valence-electron chi connectivity index (χ2n) is 8.82. The van der Waals surface area contributed by atoms with Crippen molar-refractivity contribution < 1.29 is 19.1 Å². The number of carbonyl (C=O) groups excluding carboxylic acids is 3. The van der Waals surface area contributed by atoms with Gasteiger partial charge in [-0.15, -0.1) is 0 Å². The molecule has 2 aliphatic heterocycles. The van der Waals surface area contributed by atoms with Crippen LogP contribution < -0.4 is 4.74 Å². The number of imide groups is 1. The highest BCUT2D eigenvalue weighted by Gasteiger charge is 2.37. The summed E-state index contributed by atoms with van der Waals surface area (Å²) in [4.78, 5) is 41.4. The van der Waals surface area contributed by atoms with Crippen molar-refractivity contribution >= 4 is 61.6 Å². The van der Waals surface area contributed by atoms with Crippen LogP contribution in [0.25, 0.3) is 16.8 Å². The van der Waals surface area contributed by atoms with Gasteiger partial charge in [0.05, 0.1) is 4.91 Å². The van der Waals surface area contributed by atoms with Gasteiger partial charge in [-0.3, -0.25) is 19.3 Å². The molecule has 2 saturated heterocycles. The Labute approximate surface area is 222 Å². The third kappa shape index (κ3) is 5.34. The van der Waals surface area contributed by atoms with E-state index in [1.54, 1.807) is 11.0 Å². The number of halogens is 1. The normalized spacial score (nSPS) is 17.3. The molecule has 0 N–H and O–H groups in total. The van der Waals surface area contributed by atoms with Gasteiger partial charge in [-0.1, -0.05) is 58.4 Å². The molecule has 0 atom stereocenters. The van der Waals surface area contributed by atoms with E-state index in [9.17, 15) is 14.4 Å². The van der Waals surface area contributed by atoms with Gasteiger partial charge in [0.2, 0.25) is 5.91 Å². The zero-order chi connectivity index (χ0) is 25.1. The van der Waals surface area contributed by atoms with Crippen molar-refractivity contribution in [3.63, 3.8) is 0 Å². The number of amides is 3. The van der Waals surface area contributed by atoms with E-state index in [1.807, 2.05) is 42.5 Å². The van der Waals surface area contributed by atoms with Crippen LogP contribution >= 0.6 is 27.7 Å². The molecule has 2 fully saturated rings. The largest absolute Gasteiger partial charge is 0.488 e. The van der Waals surface area contributed by atoms with Gasteiger partial charge in [0.15, 0.2) is 0 Å². The molecular formula is C28H25BrN2O4S. The lowest BCUT2D eigenvalue weighted by Gasteiger charge is -2.27. The fourth-order valence-corrected chi connectivity index (χ4v) is 5.70. The number of nitrogens with zero attached hydrogens (tertiary/aromatic N) is 2. The number of fused-ring (bicyclic) bond motifs is 1. The van der Waals surface area contributed by atoms with Gasteiger partial charge in [-0.2, -0.15) is 0 Å². The molecule has 0 bridgehead atoms. The van der Waals surface area contributed by atoms with E-state index >= 15 is 0 Å². The molecule has 2 heterocycles. The van der Waals surface area contributed by atoms with Crippen molar-refractivity contribution in [2.75, 3.05) is 19.6 Å². The monoisotopic (exact) mass is 564 g/mol. The summed E-state index contributed by atoms with van der Waals surface area (Å²) in [5.74, 6) is -0.0301. The molecule has 3 amide bonds. The van der Waals surface area contributed by atoms with Crippen molar-refractivity contribution in [2.24, 2.45) is 0 Å². The number of piperidine rings is 1. The Bertz CT molecular complexity index is 1360. The Kier molecular flexibility index (Phi) is 7.43. The molecule has 184 valence electrons. The van der Waals surface area contributed by atoms with Gasteiger partial charge >= 0.3 is 0 Å². The molecule has 3 aromatic carbocycles. The SMILES string of the molecule is O=C(CN1C(=O)S/C(=C\c2cc(Br)ccc2OCc2cccc3ccccc23)C1=O)N1CCCCC1. The van der Waals surface area contributed by atoms with E-state index < -0.39 is 11.1 Å². The lowest BCUT2D eigenvalue weighted by molar-refractivity contribution is -0.136. The summed E-state index contributed by atoms with van der Waals surface area (Å²) in [6.45, 7) is 1.50. The molecule has 6 nitrogen and oxygen atoms in total. The van der Waals surface area contributed by atoms with E-state index in [0.29, 0.717) is 31.0 Å². The number of ether oxygens (including phenoxy) is 1. The number of hydrogen-bond donors (Lipinski definition) is 0. The summed E-state index contributed by atoms with van der Waals surface area (Å²) >= 11 is 4.34. The first-order valence-corrected chi connectivity index (χ1v) is 13.5. The van der Waals surface area contributed by atoms with Gasteiger partial charge in [0.25, 0.3) is 11.1 Å². The summed E-state index contributed by atoms with van der Waals surface area (Å²) < 4.78 is 7.01. The van der Waals surface area contributed by atoms with E-state index in [1.165, 1.54) is 0 Å². The molecule has 8 heteroatoms. The van der Waals surface area contributed by atoms with Gasteiger partial charge in [-0.25, -0.2) is 0 Å². The molecule has 5 rings (SSSR count). The average Bonchev–Trinajstić information content (AvgIpc) is 3.16. The smallest absolute Gasteiger partial charge is 0.294 e. The van der Waals surface area contributed by atoms with Crippen molar-refractivity contribution in [3.8, 4) is 5.75 Å². The number of rotatable bonds is 6. The lowest BCUT2D eigenvalue weighted by Crippen LogP contribution is -2.44. The van der Waals surface area contributed by atoms with E-state index in [0.717, 1.165) is 56.7 Å². The highest BCUT2D eigenvalue weighted by atomic mass is 79.9. The van der Waals surface area contributed by atoms with Crippen LogP contribution in [0.5, 0.6) is 5.75 Å². The first kappa shape index (κ1) is 24.6. The third-order valence-corrected chi connectivity index (χ3v) is 7.80. The molecule has 2 aliphatic rings. The van der Waals surface area contributed by atoms with Crippen LogP contribution in [0.15, 0.2) is 70.0 Å². The van der Waals surface area contributed by atoms with Gasteiger partial charge in [0.1, 0.15) is 18.9 Å². The van der Waals surface area contributed by atoms with Gasteiger partial charge in [-0.05, 0) is 71.6 Å². The van der Waals surface area contributed by atoms with E-state index in [-0.39, 0.29) is 17.4 Å². The second-order valence-corrected chi connectivity index (χ2v) is 10.7. The zero-order valence-electron chi connectivity index (χ0n) is 19.6. The zero-order valence-corrected chi connectivity index (χ0v) is 22.0. The Morgan fingerprint density at radius 2 is 1.78 bits per heavy atom. The Balaban J connectivity index is 1.34. The maximum absolute atomic E-state index is 13.1. The van der Waals surface area contributed by atoms with Crippen LogP contribution in [-0.2, 0) is 16.2 Å². The van der Waals surface area contributed by atoms with Crippen molar-refractivity contribution in [1.82, 2.24) is 9.80 Å². The predicted octanol–water partition coefficient (Wildman–Crippen LogP) is 6.23. The molecule has 0 aromatic heterocycles. The second kappa shape index (κ2) is 10.9. The third-order valence-electron chi connectivity index (χ3n) is 6.40. The van der Waals surface area contributed by atoms with E-state index in [2.05, 4.69) is 34.1 Å². The van der Waals surface area contributed by atoms with E-state index in [4.69, 9.17) is 4.74 Å². The molecule has 0 radical (unpaired) electrons. The van der Waals surface area contributed by atoms with Crippen LogP contribution in [0.3, 0.4) is 0 Å². The number of benzene rings is 3. The molecule has 0 aliphatic carbocycles. The van der Waals surface area contributed by atoms with Crippen LogP contribution in [0.1, 0.15) is 30.4 Å². The molecule has 3 aromatic rings. The van der Waals surface area contributed by atoms with Crippen molar-refractivity contribution in [3.05, 3.63) is 81.2 Å². The first-order valence-electron chi connectivity index (χ1n) is 11.9. The molecular weight excluding hydrogens is 540 g/mol. The molecule has 0 saturated carbocycles. The van der Waals surface area contributed by atoms with Crippen LogP contribution in [0.4, 0.5) is 4.79 Å². The molecule has 0 spiro atoms. The first-order chi connectivity index (χ1) is 17.5. The summed E-state index contributed by atoms with van der Waals surface area (Å²) in [6, 6.07) is 19.8. The Morgan fingerprint density at radius 1 is 1.00 bits per heavy atom. The van der Waals surface area contributed by atoms with Gasteiger partial charge in [0, 0.05) is 23.1 Å².